The van der Waals surface area contributed by atoms with E-state index < -0.39 is 9.84 Å². The highest BCUT2D eigenvalue weighted by Crippen LogP contribution is 2.05. The average Bonchev–Trinajstić information content (AvgIpc) is 2.00. The second-order valence-corrected chi connectivity index (χ2v) is 5.91. The minimum Gasteiger partial charge on any atom is -0.299 e. The third-order valence-corrected chi connectivity index (χ3v) is 2.83. The van der Waals surface area contributed by atoms with Crippen LogP contribution in [0.4, 0.5) is 0 Å². The van der Waals surface area contributed by atoms with Crippen LogP contribution in [0.2, 0.25) is 0 Å². The molecule has 84 valence electrons. The monoisotopic (exact) mass is 220 g/mol. The Morgan fingerprint density at radius 2 is 1.64 bits per heavy atom. The van der Waals surface area contributed by atoms with Crippen molar-refractivity contribution in [2.24, 2.45) is 0 Å². The average molecular weight is 220 g/mol. The van der Waals surface area contributed by atoms with Gasteiger partial charge >= 0.3 is 0 Å². The van der Waals surface area contributed by atoms with E-state index in [0.29, 0.717) is 6.42 Å². The van der Waals surface area contributed by atoms with Gasteiger partial charge in [-0.3, -0.25) is 4.79 Å². The second kappa shape index (κ2) is 6.98. The van der Waals surface area contributed by atoms with E-state index in [-0.39, 0.29) is 11.5 Å². The molecule has 0 radical (unpaired) electrons. The summed E-state index contributed by atoms with van der Waals surface area (Å²) in [7, 11) is -3.12. The van der Waals surface area contributed by atoms with E-state index in [2.05, 4.69) is 6.92 Å². The molecule has 0 atom stereocenters. The standard InChI is InChI=1S/C10H20O3S/c1-3-4-5-6-7-8-10(11)9-14(2,12)13/h3-9H2,1-2H3. The van der Waals surface area contributed by atoms with Crippen molar-refractivity contribution in [2.45, 2.75) is 45.4 Å². The molecule has 0 aliphatic carbocycles. The maximum absolute atomic E-state index is 11.1. The molecule has 0 aromatic rings. The zero-order valence-electron chi connectivity index (χ0n) is 9.08. The Morgan fingerprint density at radius 1 is 1.07 bits per heavy atom. The third kappa shape index (κ3) is 9.71. The third-order valence-electron chi connectivity index (χ3n) is 1.98. The van der Waals surface area contributed by atoms with Crippen molar-refractivity contribution < 1.29 is 13.2 Å². The van der Waals surface area contributed by atoms with Crippen molar-refractivity contribution in [1.29, 1.82) is 0 Å². The van der Waals surface area contributed by atoms with Crippen molar-refractivity contribution >= 4 is 15.6 Å². The Balaban J connectivity index is 3.46. The SMILES string of the molecule is CCCCCCCC(=O)CS(C)(=O)=O. The molecule has 0 fully saturated rings. The van der Waals surface area contributed by atoms with Gasteiger partial charge in [0.05, 0.1) is 0 Å². The quantitative estimate of drug-likeness (QED) is 0.588. The van der Waals surface area contributed by atoms with E-state index in [0.717, 1.165) is 25.5 Å². The summed E-state index contributed by atoms with van der Waals surface area (Å²) < 4.78 is 21.5. The Morgan fingerprint density at radius 3 is 2.14 bits per heavy atom. The van der Waals surface area contributed by atoms with Crippen molar-refractivity contribution in [3.8, 4) is 0 Å². The summed E-state index contributed by atoms with van der Waals surface area (Å²) >= 11 is 0. The fourth-order valence-corrected chi connectivity index (χ4v) is 2.02. The molecule has 0 aromatic heterocycles. The van der Waals surface area contributed by atoms with E-state index in [4.69, 9.17) is 0 Å². The summed E-state index contributed by atoms with van der Waals surface area (Å²) in [6.45, 7) is 2.13. The lowest BCUT2D eigenvalue weighted by Crippen LogP contribution is -2.13. The lowest BCUT2D eigenvalue weighted by Gasteiger charge is -1.99. The Kier molecular flexibility index (Phi) is 6.79. The minimum absolute atomic E-state index is 0.149. The number of Topliss-reactive ketones (excluding diaryl/α,β-unsaturated/α-hetero) is 1. The largest absolute Gasteiger partial charge is 0.299 e. The number of rotatable bonds is 8. The van der Waals surface area contributed by atoms with E-state index >= 15 is 0 Å². The van der Waals surface area contributed by atoms with Crippen molar-refractivity contribution in [3.05, 3.63) is 0 Å². The molecule has 0 saturated carbocycles. The summed E-state index contributed by atoms with van der Waals surface area (Å²) in [5.41, 5.74) is 0. The van der Waals surface area contributed by atoms with Gasteiger partial charge in [-0.05, 0) is 6.42 Å². The van der Waals surface area contributed by atoms with Crippen LogP contribution in [0, 0.1) is 0 Å². The summed E-state index contributed by atoms with van der Waals surface area (Å²) in [6, 6.07) is 0. The smallest absolute Gasteiger partial charge is 0.154 e. The maximum Gasteiger partial charge on any atom is 0.154 e. The first-order chi connectivity index (χ1) is 6.45. The molecule has 0 aromatic carbocycles. The topological polar surface area (TPSA) is 51.2 Å². The van der Waals surface area contributed by atoms with Crippen molar-refractivity contribution in [2.75, 3.05) is 12.0 Å². The van der Waals surface area contributed by atoms with E-state index in [1.54, 1.807) is 0 Å². The molecule has 0 aliphatic rings. The van der Waals surface area contributed by atoms with Gasteiger partial charge < -0.3 is 0 Å². The molecular formula is C10H20O3S. The molecule has 0 amide bonds. The predicted molar refractivity (Wildman–Crippen MR) is 58.1 cm³/mol. The normalized spacial score (nSPS) is 11.6. The number of sulfone groups is 1. The summed E-state index contributed by atoms with van der Waals surface area (Å²) in [6.07, 6.45) is 6.89. The molecule has 0 bridgehead atoms. The number of unbranched alkanes of at least 4 members (excludes halogenated alkanes) is 4. The van der Waals surface area contributed by atoms with Crippen LogP contribution in [-0.4, -0.2) is 26.2 Å². The highest BCUT2D eigenvalue weighted by Gasteiger charge is 2.09. The van der Waals surface area contributed by atoms with Crippen molar-refractivity contribution in [1.82, 2.24) is 0 Å². The zero-order valence-corrected chi connectivity index (χ0v) is 9.90. The molecule has 0 spiro atoms. The molecule has 0 saturated heterocycles. The van der Waals surface area contributed by atoms with Gasteiger partial charge in [-0.15, -0.1) is 0 Å². The number of carbonyl (C=O) groups excluding carboxylic acids is 1. The number of hydrogen-bond donors (Lipinski definition) is 0. The zero-order chi connectivity index (χ0) is 11.0. The van der Waals surface area contributed by atoms with Crippen LogP contribution in [-0.2, 0) is 14.6 Å². The summed E-state index contributed by atoms with van der Waals surface area (Å²) in [4.78, 5) is 11.1. The van der Waals surface area contributed by atoms with Crippen LogP contribution in [0.3, 0.4) is 0 Å². The molecule has 0 heterocycles. The fourth-order valence-electron chi connectivity index (χ4n) is 1.29. The molecule has 14 heavy (non-hydrogen) atoms. The Hall–Kier alpha value is -0.380. The summed E-state index contributed by atoms with van der Waals surface area (Å²) in [5, 5.41) is 0. The molecule has 0 N–H and O–H groups in total. The molecule has 0 unspecified atom stereocenters. The van der Waals surface area contributed by atoms with E-state index in [1.165, 1.54) is 12.8 Å². The van der Waals surface area contributed by atoms with Gasteiger partial charge in [0, 0.05) is 12.7 Å². The number of carbonyl (C=O) groups is 1. The van der Waals surface area contributed by atoms with Gasteiger partial charge in [-0.1, -0.05) is 32.6 Å². The van der Waals surface area contributed by atoms with Crippen LogP contribution in [0.25, 0.3) is 0 Å². The van der Waals surface area contributed by atoms with E-state index in [9.17, 15) is 13.2 Å². The van der Waals surface area contributed by atoms with Crippen LogP contribution in [0.15, 0.2) is 0 Å². The maximum atomic E-state index is 11.1. The van der Waals surface area contributed by atoms with Crippen LogP contribution in [0.5, 0.6) is 0 Å². The lowest BCUT2D eigenvalue weighted by molar-refractivity contribution is -0.116. The van der Waals surface area contributed by atoms with Crippen molar-refractivity contribution in [3.63, 3.8) is 0 Å². The van der Waals surface area contributed by atoms with E-state index in [1.807, 2.05) is 0 Å². The molecule has 0 rings (SSSR count). The molecular weight excluding hydrogens is 200 g/mol. The number of ketones is 1. The lowest BCUT2D eigenvalue weighted by atomic mass is 10.1. The highest BCUT2D eigenvalue weighted by atomic mass is 32.2. The van der Waals surface area contributed by atoms with Gasteiger partial charge in [0.15, 0.2) is 9.84 Å². The molecule has 0 aliphatic heterocycles. The first-order valence-corrected chi connectivity index (χ1v) is 7.21. The second-order valence-electron chi connectivity index (χ2n) is 3.77. The van der Waals surface area contributed by atoms with Crippen LogP contribution >= 0.6 is 0 Å². The van der Waals surface area contributed by atoms with Gasteiger partial charge in [0.2, 0.25) is 0 Å². The summed E-state index contributed by atoms with van der Waals surface area (Å²) in [5.74, 6) is -0.440. The molecule has 3 nitrogen and oxygen atoms in total. The number of hydrogen-bond acceptors (Lipinski definition) is 3. The Bertz CT molecular complexity index is 255. The highest BCUT2D eigenvalue weighted by molar-refractivity contribution is 7.91. The van der Waals surface area contributed by atoms with Crippen LogP contribution < -0.4 is 0 Å². The van der Waals surface area contributed by atoms with Gasteiger partial charge in [0.1, 0.15) is 11.5 Å². The minimum atomic E-state index is -3.12. The fraction of sp³-hybridized carbons (Fsp3) is 0.900. The van der Waals surface area contributed by atoms with Gasteiger partial charge in [-0.2, -0.15) is 0 Å². The molecule has 4 heteroatoms. The van der Waals surface area contributed by atoms with Gasteiger partial charge in [0.25, 0.3) is 0 Å². The van der Waals surface area contributed by atoms with Crippen LogP contribution in [0.1, 0.15) is 45.4 Å². The Labute approximate surface area is 86.8 Å². The van der Waals surface area contributed by atoms with Gasteiger partial charge in [-0.25, -0.2) is 8.42 Å². The first-order valence-electron chi connectivity index (χ1n) is 5.15. The first kappa shape index (κ1) is 13.6. The predicted octanol–water partition coefficient (Wildman–Crippen LogP) is 1.96.